The highest BCUT2D eigenvalue weighted by molar-refractivity contribution is 14.1. The smallest absolute Gasteiger partial charge is 0.306 e. The lowest BCUT2D eigenvalue weighted by Gasteiger charge is -2.23. The van der Waals surface area contributed by atoms with Gasteiger partial charge in [0.1, 0.15) is 12.2 Å². The summed E-state index contributed by atoms with van der Waals surface area (Å²) in [5.41, 5.74) is 0. The Kier molecular flexibility index (Phi) is 3.92. The van der Waals surface area contributed by atoms with E-state index < -0.39 is 0 Å². The number of methoxy groups -OCH3 is 1. The van der Waals surface area contributed by atoms with Gasteiger partial charge >= 0.3 is 11.9 Å². The first-order chi connectivity index (χ1) is 8.04. The number of rotatable bonds is 3. The highest BCUT2D eigenvalue weighted by atomic mass is 127. The van der Waals surface area contributed by atoms with E-state index in [1.807, 2.05) is 0 Å². The minimum absolute atomic E-state index is 0.00750. The number of halogens is 1. The minimum Gasteiger partial charge on any atom is -0.461 e. The second-order valence-electron chi connectivity index (χ2n) is 4.46. The summed E-state index contributed by atoms with van der Waals surface area (Å²) >= 11 is 2.20. The van der Waals surface area contributed by atoms with Crippen molar-refractivity contribution in [3.05, 3.63) is 0 Å². The summed E-state index contributed by atoms with van der Waals surface area (Å²) in [4.78, 5) is 22.4. The van der Waals surface area contributed by atoms with Crippen molar-refractivity contribution < 1.29 is 23.8 Å². The van der Waals surface area contributed by atoms with Crippen molar-refractivity contribution in [3.8, 4) is 0 Å². The topological polar surface area (TPSA) is 61.8 Å². The molecular formula is C11H15IO5. The Hall–Kier alpha value is -0.370. The van der Waals surface area contributed by atoms with Crippen LogP contribution in [0, 0.1) is 11.8 Å². The number of alkyl halides is 1. The zero-order chi connectivity index (χ0) is 12.6. The van der Waals surface area contributed by atoms with Crippen LogP contribution in [-0.4, -0.2) is 41.8 Å². The van der Waals surface area contributed by atoms with E-state index in [2.05, 4.69) is 22.6 Å². The summed E-state index contributed by atoms with van der Waals surface area (Å²) in [6, 6.07) is 0. The van der Waals surface area contributed by atoms with E-state index in [1.54, 1.807) is 7.11 Å². The Morgan fingerprint density at radius 1 is 1.59 bits per heavy atom. The Morgan fingerprint density at radius 3 is 2.88 bits per heavy atom. The quantitative estimate of drug-likeness (QED) is 0.429. The maximum absolute atomic E-state index is 11.3. The first-order valence-electron chi connectivity index (χ1n) is 5.54. The summed E-state index contributed by atoms with van der Waals surface area (Å²) in [6.45, 7) is 1.88. The zero-order valence-electron chi connectivity index (χ0n) is 9.72. The first kappa shape index (κ1) is 13.1. The lowest BCUT2D eigenvalue weighted by Crippen LogP contribution is -2.33. The summed E-state index contributed by atoms with van der Waals surface area (Å²) in [6.07, 6.45) is 0.0272. The van der Waals surface area contributed by atoms with Crippen LogP contribution in [0.4, 0.5) is 0 Å². The molecule has 0 bridgehead atoms. The molecule has 1 aliphatic heterocycles. The van der Waals surface area contributed by atoms with Crippen LogP contribution in [-0.2, 0) is 23.8 Å². The average molecular weight is 354 g/mol. The molecule has 1 aliphatic carbocycles. The zero-order valence-corrected chi connectivity index (χ0v) is 11.9. The van der Waals surface area contributed by atoms with E-state index >= 15 is 0 Å². The Labute approximate surface area is 113 Å². The largest absolute Gasteiger partial charge is 0.461 e. The van der Waals surface area contributed by atoms with Crippen LogP contribution in [0.1, 0.15) is 13.3 Å². The third-order valence-electron chi connectivity index (χ3n) is 3.35. The fourth-order valence-corrected chi connectivity index (χ4v) is 4.07. The van der Waals surface area contributed by atoms with Crippen molar-refractivity contribution in [2.24, 2.45) is 11.8 Å². The van der Waals surface area contributed by atoms with Gasteiger partial charge in [0.25, 0.3) is 0 Å². The fourth-order valence-electron chi connectivity index (χ4n) is 2.71. The van der Waals surface area contributed by atoms with Gasteiger partial charge in [0.05, 0.1) is 17.0 Å². The van der Waals surface area contributed by atoms with Crippen molar-refractivity contribution >= 4 is 34.5 Å². The number of hydrogen-bond donors (Lipinski definition) is 0. The average Bonchev–Trinajstić information content (AvgIpc) is 2.71. The third kappa shape index (κ3) is 2.42. The normalized spacial score (nSPS) is 39.9. The maximum Gasteiger partial charge on any atom is 0.306 e. The van der Waals surface area contributed by atoms with Gasteiger partial charge < -0.3 is 14.2 Å². The molecule has 1 heterocycles. The second-order valence-corrected chi connectivity index (χ2v) is 5.90. The first-order valence-corrected chi connectivity index (χ1v) is 6.79. The van der Waals surface area contributed by atoms with Gasteiger partial charge in [-0.15, -0.1) is 0 Å². The van der Waals surface area contributed by atoms with E-state index in [9.17, 15) is 9.59 Å². The van der Waals surface area contributed by atoms with Crippen LogP contribution in [0.15, 0.2) is 0 Å². The number of carbonyl (C=O) groups is 2. The predicted molar refractivity (Wildman–Crippen MR) is 66.7 cm³/mol. The molecule has 1 saturated carbocycles. The highest BCUT2D eigenvalue weighted by Crippen LogP contribution is 2.46. The molecule has 5 nitrogen and oxygen atoms in total. The molecule has 6 heteroatoms. The Bertz CT molecular complexity index is 332. The Morgan fingerprint density at radius 2 is 2.29 bits per heavy atom. The number of ether oxygens (including phenoxy) is 3. The molecule has 2 fully saturated rings. The van der Waals surface area contributed by atoms with Crippen LogP contribution in [0.2, 0.25) is 0 Å². The van der Waals surface area contributed by atoms with Crippen molar-refractivity contribution in [2.45, 2.75) is 29.5 Å². The van der Waals surface area contributed by atoms with Crippen molar-refractivity contribution in [3.63, 3.8) is 0 Å². The van der Waals surface area contributed by atoms with Crippen LogP contribution in [0.5, 0.6) is 0 Å². The molecule has 0 radical (unpaired) electrons. The van der Waals surface area contributed by atoms with Gasteiger partial charge in [0.2, 0.25) is 0 Å². The summed E-state index contributed by atoms with van der Waals surface area (Å²) in [5.74, 6) is -0.316. The molecule has 0 unspecified atom stereocenters. The van der Waals surface area contributed by atoms with Crippen LogP contribution < -0.4 is 0 Å². The Balaban J connectivity index is 2.16. The molecule has 17 heavy (non-hydrogen) atoms. The molecule has 0 aromatic carbocycles. The van der Waals surface area contributed by atoms with Gasteiger partial charge in [-0.05, 0) is 0 Å². The van der Waals surface area contributed by atoms with Gasteiger partial charge in [0, 0.05) is 25.9 Å². The number of esters is 2. The molecule has 2 rings (SSSR count). The van der Waals surface area contributed by atoms with Gasteiger partial charge in [-0.25, -0.2) is 0 Å². The van der Waals surface area contributed by atoms with E-state index in [0.717, 1.165) is 0 Å². The molecule has 0 aromatic heterocycles. The summed E-state index contributed by atoms with van der Waals surface area (Å²) in [7, 11) is 1.61. The maximum atomic E-state index is 11.3. The summed E-state index contributed by atoms with van der Waals surface area (Å²) in [5, 5.41) is 0. The molecule has 0 amide bonds. The van der Waals surface area contributed by atoms with Gasteiger partial charge in [-0.2, -0.15) is 0 Å². The van der Waals surface area contributed by atoms with Gasteiger partial charge in [0.15, 0.2) is 0 Å². The number of carbonyl (C=O) groups excluding carboxylic acids is 2. The third-order valence-corrected chi connectivity index (χ3v) is 4.77. The predicted octanol–water partition coefficient (Wildman–Crippen LogP) is 0.930. The molecular weight excluding hydrogens is 339 g/mol. The lowest BCUT2D eigenvalue weighted by molar-refractivity contribution is -0.149. The molecule has 96 valence electrons. The molecule has 0 spiro atoms. The lowest BCUT2D eigenvalue weighted by atomic mass is 9.93. The molecule has 5 atom stereocenters. The fraction of sp³-hybridized carbons (Fsp3) is 0.818. The van der Waals surface area contributed by atoms with Crippen molar-refractivity contribution in [1.29, 1.82) is 0 Å². The number of hydrogen-bond acceptors (Lipinski definition) is 5. The molecule has 0 aromatic rings. The van der Waals surface area contributed by atoms with E-state index in [-0.39, 0.29) is 39.9 Å². The van der Waals surface area contributed by atoms with Crippen LogP contribution in [0.25, 0.3) is 0 Å². The molecule has 0 N–H and O–H groups in total. The molecule has 2 aliphatic rings. The van der Waals surface area contributed by atoms with Crippen LogP contribution in [0.3, 0.4) is 0 Å². The second kappa shape index (κ2) is 5.09. The van der Waals surface area contributed by atoms with Crippen molar-refractivity contribution in [1.82, 2.24) is 0 Å². The highest BCUT2D eigenvalue weighted by Gasteiger charge is 2.56. The van der Waals surface area contributed by atoms with Crippen molar-refractivity contribution in [2.75, 3.05) is 13.7 Å². The van der Waals surface area contributed by atoms with E-state index in [1.165, 1.54) is 6.92 Å². The standard InChI is InChI=1S/C11H15IO5/c1-5(13)16-11-7(4-15-2)6-3-8(14)17-10(6)9(11)12/h6-7,9-11H,3-4H2,1-2H3/t6-,7-,9+,10-,11+/m1/s1. The molecule has 1 saturated heterocycles. The SMILES string of the molecule is COC[C@@H]1[C@H]2CC(=O)O[C@H]2[C@H](I)[C@H]1OC(C)=O. The van der Waals surface area contributed by atoms with Crippen LogP contribution >= 0.6 is 22.6 Å². The van der Waals surface area contributed by atoms with Gasteiger partial charge in [-0.3, -0.25) is 9.59 Å². The van der Waals surface area contributed by atoms with Gasteiger partial charge in [-0.1, -0.05) is 22.6 Å². The monoisotopic (exact) mass is 354 g/mol. The summed E-state index contributed by atoms with van der Waals surface area (Å²) < 4.78 is 15.8. The minimum atomic E-state index is -0.302. The van der Waals surface area contributed by atoms with E-state index in [0.29, 0.717) is 13.0 Å². The number of fused-ring (bicyclic) bond motifs is 1. The van der Waals surface area contributed by atoms with E-state index in [4.69, 9.17) is 14.2 Å².